The van der Waals surface area contributed by atoms with Gasteiger partial charge in [-0.3, -0.25) is 9.98 Å². The summed E-state index contributed by atoms with van der Waals surface area (Å²) in [5.74, 6) is 1.34. The molecule has 0 aromatic heterocycles. The third-order valence-electron chi connectivity index (χ3n) is 2.45. The molecule has 1 N–H and O–H groups in total. The van der Waals surface area contributed by atoms with Gasteiger partial charge < -0.3 is 14.6 Å². The van der Waals surface area contributed by atoms with Gasteiger partial charge in [-0.1, -0.05) is 6.92 Å². The first-order chi connectivity index (χ1) is 9.69. The van der Waals surface area contributed by atoms with Gasteiger partial charge in [0, 0.05) is 44.1 Å². The lowest BCUT2D eigenvalue weighted by Gasteiger charge is -2.23. The SMILES string of the molecule is CCC(OC(C=NCCS)COC)C(O)C=NCCS. The van der Waals surface area contributed by atoms with Crippen molar-refractivity contribution in [1.82, 2.24) is 0 Å². The summed E-state index contributed by atoms with van der Waals surface area (Å²) in [5, 5.41) is 10.0. The van der Waals surface area contributed by atoms with Crippen LogP contribution in [0.25, 0.3) is 0 Å². The van der Waals surface area contributed by atoms with Crippen molar-refractivity contribution < 1.29 is 14.6 Å². The number of ether oxygens (including phenoxy) is 2. The Bertz CT molecular complexity index is 278. The quantitative estimate of drug-likeness (QED) is 0.373. The number of aliphatic imine (C=N–C) groups is 2. The predicted molar refractivity (Wildman–Crippen MR) is 91.3 cm³/mol. The smallest absolute Gasteiger partial charge is 0.116 e. The van der Waals surface area contributed by atoms with Crippen molar-refractivity contribution in [3.05, 3.63) is 0 Å². The van der Waals surface area contributed by atoms with Crippen molar-refractivity contribution in [3.63, 3.8) is 0 Å². The highest BCUT2D eigenvalue weighted by Gasteiger charge is 2.20. The van der Waals surface area contributed by atoms with E-state index in [0.717, 1.165) is 0 Å². The van der Waals surface area contributed by atoms with Gasteiger partial charge in [0.05, 0.1) is 12.7 Å². The summed E-state index contributed by atoms with van der Waals surface area (Å²) in [6.45, 7) is 3.57. The summed E-state index contributed by atoms with van der Waals surface area (Å²) < 4.78 is 10.9. The molecule has 0 aliphatic carbocycles. The summed E-state index contributed by atoms with van der Waals surface area (Å²) in [6.07, 6.45) is 2.55. The molecular formula is C13H26N2O3S2. The molecular weight excluding hydrogens is 296 g/mol. The van der Waals surface area contributed by atoms with Crippen LogP contribution in [0.3, 0.4) is 0 Å². The summed E-state index contributed by atoms with van der Waals surface area (Å²) in [5.41, 5.74) is 0. The Balaban J connectivity index is 4.45. The van der Waals surface area contributed by atoms with Crippen LogP contribution in [-0.4, -0.2) is 74.2 Å². The normalized spacial score (nSPS) is 16.9. The molecule has 0 aliphatic rings. The number of methoxy groups -OCH3 is 1. The fraction of sp³-hybridized carbons (Fsp3) is 0.846. The van der Waals surface area contributed by atoms with E-state index in [1.54, 1.807) is 13.3 Å². The molecule has 0 aromatic rings. The molecule has 20 heavy (non-hydrogen) atoms. The lowest BCUT2D eigenvalue weighted by Crippen LogP contribution is -2.36. The minimum absolute atomic E-state index is 0.280. The average Bonchev–Trinajstić information content (AvgIpc) is 2.45. The number of aliphatic hydroxyl groups is 1. The Morgan fingerprint density at radius 1 is 1.15 bits per heavy atom. The standard InChI is InChI=1S/C13H26N2O3S2/c1-3-13(12(16)9-15-5-7-20)18-11(10-17-2)8-14-4-6-19/h8-9,11-13,16,19-20H,3-7,10H2,1-2H3. The van der Waals surface area contributed by atoms with Crippen molar-refractivity contribution in [2.75, 3.05) is 38.3 Å². The maximum absolute atomic E-state index is 10.0. The van der Waals surface area contributed by atoms with Crippen LogP contribution in [0.15, 0.2) is 9.98 Å². The molecule has 0 rings (SSSR count). The first kappa shape index (κ1) is 19.9. The number of thiol groups is 2. The van der Waals surface area contributed by atoms with Gasteiger partial charge in [0.1, 0.15) is 12.2 Å². The van der Waals surface area contributed by atoms with Crippen LogP contribution in [0.2, 0.25) is 0 Å². The van der Waals surface area contributed by atoms with Crippen LogP contribution in [-0.2, 0) is 9.47 Å². The highest BCUT2D eigenvalue weighted by molar-refractivity contribution is 7.80. The first-order valence-corrected chi connectivity index (χ1v) is 8.00. The summed E-state index contributed by atoms with van der Waals surface area (Å²) >= 11 is 8.16. The van der Waals surface area contributed by atoms with Gasteiger partial charge in [0.2, 0.25) is 0 Å². The van der Waals surface area contributed by atoms with Gasteiger partial charge in [0.25, 0.3) is 0 Å². The molecule has 0 saturated heterocycles. The number of nitrogens with zero attached hydrogens (tertiary/aromatic N) is 2. The van der Waals surface area contributed by atoms with Crippen molar-refractivity contribution in [3.8, 4) is 0 Å². The van der Waals surface area contributed by atoms with E-state index in [2.05, 4.69) is 35.2 Å². The zero-order valence-electron chi connectivity index (χ0n) is 12.2. The van der Waals surface area contributed by atoms with E-state index in [1.165, 1.54) is 6.21 Å². The van der Waals surface area contributed by atoms with Crippen molar-refractivity contribution in [2.24, 2.45) is 9.98 Å². The van der Waals surface area contributed by atoms with Crippen molar-refractivity contribution in [2.45, 2.75) is 31.7 Å². The van der Waals surface area contributed by atoms with Gasteiger partial charge in [-0.2, -0.15) is 25.3 Å². The molecule has 3 unspecified atom stereocenters. The second kappa shape index (κ2) is 13.9. The summed E-state index contributed by atoms with van der Waals surface area (Å²) in [6, 6.07) is 0. The van der Waals surface area contributed by atoms with Gasteiger partial charge in [-0.25, -0.2) is 0 Å². The van der Waals surface area contributed by atoms with E-state index < -0.39 is 6.10 Å². The third-order valence-corrected chi connectivity index (χ3v) is 2.85. The van der Waals surface area contributed by atoms with Gasteiger partial charge >= 0.3 is 0 Å². The Morgan fingerprint density at radius 2 is 1.75 bits per heavy atom. The number of hydrogen-bond donors (Lipinski definition) is 3. The van der Waals surface area contributed by atoms with Crippen LogP contribution in [0, 0.1) is 0 Å². The molecule has 7 heteroatoms. The second-order valence-corrected chi connectivity index (χ2v) is 5.02. The van der Waals surface area contributed by atoms with Crippen LogP contribution in [0.5, 0.6) is 0 Å². The van der Waals surface area contributed by atoms with Crippen LogP contribution < -0.4 is 0 Å². The number of rotatable bonds is 12. The lowest BCUT2D eigenvalue weighted by molar-refractivity contribution is -0.0512. The van der Waals surface area contributed by atoms with E-state index in [1.807, 2.05) is 6.92 Å². The monoisotopic (exact) mass is 322 g/mol. The second-order valence-electron chi connectivity index (χ2n) is 4.12. The maximum Gasteiger partial charge on any atom is 0.116 e. The van der Waals surface area contributed by atoms with Crippen LogP contribution >= 0.6 is 25.3 Å². The van der Waals surface area contributed by atoms with Gasteiger partial charge in [-0.05, 0) is 6.42 Å². The molecule has 3 atom stereocenters. The van der Waals surface area contributed by atoms with E-state index in [0.29, 0.717) is 37.6 Å². The highest BCUT2D eigenvalue weighted by Crippen LogP contribution is 2.07. The van der Waals surface area contributed by atoms with E-state index in [-0.39, 0.29) is 12.2 Å². The molecule has 0 aromatic carbocycles. The van der Waals surface area contributed by atoms with E-state index in [9.17, 15) is 5.11 Å². The van der Waals surface area contributed by atoms with Crippen molar-refractivity contribution >= 4 is 37.7 Å². The van der Waals surface area contributed by atoms with Gasteiger partial charge in [-0.15, -0.1) is 0 Å². The molecule has 0 saturated carbocycles. The molecule has 0 spiro atoms. The number of aliphatic hydroxyl groups excluding tert-OH is 1. The first-order valence-electron chi connectivity index (χ1n) is 6.73. The maximum atomic E-state index is 10.0. The zero-order chi connectivity index (χ0) is 15.2. The largest absolute Gasteiger partial charge is 0.385 e. The highest BCUT2D eigenvalue weighted by atomic mass is 32.1. The average molecular weight is 322 g/mol. The topological polar surface area (TPSA) is 63.4 Å². The molecule has 0 heterocycles. The minimum atomic E-state index is -0.738. The van der Waals surface area contributed by atoms with E-state index in [4.69, 9.17) is 9.47 Å². The molecule has 118 valence electrons. The lowest BCUT2D eigenvalue weighted by atomic mass is 10.1. The van der Waals surface area contributed by atoms with Crippen LogP contribution in [0.4, 0.5) is 0 Å². The predicted octanol–water partition coefficient (Wildman–Crippen LogP) is 1.16. The Kier molecular flexibility index (Phi) is 13.8. The Labute approximate surface area is 132 Å². The molecule has 0 fully saturated rings. The minimum Gasteiger partial charge on any atom is -0.385 e. The summed E-state index contributed by atoms with van der Waals surface area (Å²) in [7, 11) is 1.61. The Morgan fingerprint density at radius 3 is 2.25 bits per heavy atom. The molecule has 0 amide bonds. The van der Waals surface area contributed by atoms with E-state index >= 15 is 0 Å². The fourth-order valence-electron chi connectivity index (χ4n) is 1.51. The Hall–Kier alpha value is -0.0800. The van der Waals surface area contributed by atoms with Gasteiger partial charge in [0.15, 0.2) is 0 Å². The molecule has 0 radical (unpaired) electrons. The third kappa shape index (κ3) is 9.77. The fourth-order valence-corrected chi connectivity index (χ4v) is 1.74. The number of hydrogen-bond acceptors (Lipinski definition) is 7. The van der Waals surface area contributed by atoms with Crippen LogP contribution in [0.1, 0.15) is 13.3 Å². The molecule has 0 aliphatic heterocycles. The van der Waals surface area contributed by atoms with Crippen molar-refractivity contribution in [1.29, 1.82) is 0 Å². The molecule has 5 nitrogen and oxygen atoms in total. The zero-order valence-corrected chi connectivity index (χ0v) is 14.0. The summed E-state index contributed by atoms with van der Waals surface area (Å²) in [4.78, 5) is 8.28. The molecule has 0 bridgehead atoms.